The number of carbonyl (C=O) groups excluding carboxylic acids is 1. The molecule has 1 atom stereocenters. The first-order valence-corrected chi connectivity index (χ1v) is 11.9. The van der Waals surface area contributed by atoms with Crippen LogP contribution in [0.1, 0.15) is 27.0 Å². The molecule has 0 spiro atoms. The molecular weight excluding hydrogens is 520 g/mol. The predicted octanol–water partition coefficient (Wildman–Crippen LogP) is 5.82. The summed E-state index contributed by atoms with van der Waals surface area (Å²) in [7, 11) is 0. The van der Waals surface area contributed by atoms with Crippen molar-refractivity contribution in [1.29, 1.82) is 0 Å². The summed E-state index contributed by atoms with van der Waals surface area (Å²) in [5.74, 6) is 4.96. The van der Waals surface area contributed by atoms with Crippen molar-refractivity contribution in [2.75, 3.05) is 32.1 Å². The van der Waals surface area contributed by atoms with E-state index in [-0.39, 0.29) is 18.5 Å². The second-order valence-electron chi connectivity index (χ2n) is 8.73. The molecule has 11 heteroatoms. The molecule has 4 rings (SSSR count). The van der Waals surface area contributed by atoms with E-state index in [0.717, 1.165) is 16.5 Å². The number of amides is 1. The van der Waals surface area contributed by atoms with Gasteiger partial charge in [-0.1, -0.05) is 30.0 Å². The number of hydrogen-bond acceptors (Lipinski definition) is 2. The van der Waals surface area contributed by atoms with Crippen molar-refractivity contribution in [1.82, 2.24) is 14.8 Å². The van der Waals surface area contributed by atoms with Gasteiger partial charge in [0, 0.05) is 48.3 Å². The van der Waals surface area contributed by atoms with Crippen LogP contribution in [0.25, 0.3) is 10.9 Å². The monoisotopic (exact) mass is 541 g/mol. The van der Waals surface area contributed by atoms with Gasteiger partial charge >= 0.3 is 12.4 Å². The van der Waals surface area contributed by atoms with E-state index < -0.39 is 41.0 Å². The molecule has 0 saturated carbocycles. The van der Waals surface area contributed by atoms with E-state index in [0.29, 0.717) is 38.2 Å². The second-order valence-corrected chi connectivity index (χ2v) is 9.00. The molecule has 1 saturated heterocycles. The number of aromatic amines is 1. The second kappa shape index (κ2) is 10.7. The van der Waals surface area contributed by atoms with Gasteiger partial charge in [0.2, 0.25) is 0 Å². The fraction of sp³-hybridized carbons (Fsp3) is 0.346. The van der Waals surface area contributed by atoms with Gasteiger partial charge < -0.3 is 9.88 Å². The van der Waals surface area contributed by atoms with E-state index >= 15 is 0 Å². The Morgan fingerprint density at radius 3 is 2.32 bits per heavy atom. The van der Waals surface area contributed by atoms with Crippen LogP contribution in [0.15, 0.2) is 48.7 Å². The van der Waals surface area contributed by atoms with Gasteiger partial charge in [0.05, 0.1) is 23.6 Å². The molecule has 0 unspecified atom stereocenters. The third kappa shape index (κ3) is 6.22. The molecule has 1 aromatic heterocycles. The van der Waals surface area contributed by atoms with Crippen LogP contribution in [-0.4, -0.2) is 58.8 Å². The van der Waals surface area contributed by atoms with Crippen molar-refractivity contribution in [2.24, 2.45) is 0 Å². The number of alkyl halides is 7. The summed E-state index contributed by atoms with van der Waals surface area (Å²) in [4.78, 5) is 19.9. The van der Waals surface area contributed by atoms with Crippen LogP contribution < -0.4 is 0 Å². The first kappa shape index (κ1) is 26.9. The van der Waals surface area contributed by atoms with Crippen molar-refractivity contribution >= 4 is 28.4 Å². The van der Waals surface area contributed by atoms with Gasteiger partial charge in [0.1, 0.15) is 0 Å². The molecule has 1 aliphatic heterocycles. The summed E-state index contributed by atoms with van der Waals surface area (Å²) < 4.78 is 80.4. The summed E-state index contributed by atoms with van der Waals surface area (Å²) in [6.45, 7) is 1.19. The first-order valence-electron chi connectivity index (χ1n) is 11.4. The van der Waals surface area contributed by atoms with Crippen LogP contribution in [0.3, 0.4) is 0 Å². The predicted molar refractivity (Wildman–Crippen MR) is 128 cm³/mol. The molecule has 3 aromatic rings. The van der Waals surface area contributed by atoms with Crippen LogP contribution in [0.2, 0.25) is 0 Å². The normalized spacial score (nSPS) is 17.1. The number of nitrogens with zero attached hydrogens (tertiary/aromatic N) is 2. The van der Waals surface area contributed by atoms with E-state index in [1.165, 1.54) is 4.90 Å². The Morgan fingerprint density at radius 2 is 1.68 bits per heavy atom. The zero-order valence-corrected chi connectivity index (χ0v) is 20.1. The Hall–Kier alpha value is -3.16. The van der Waals surface area contributed by atoms with Crippen molar-refractivity contribution in [3.8, 4) is 11.8 Å². The van der Waals surface area contributed by atoms with Crippen molar-refractivity contribution < 1.29 is 31.1 Å². The molecule has 37 heavy (non-hydrogen) atoms. The van der Waals surface area contributed by atoms with Crippen LogP contribution in [-0.2, 0) is 18.8 Å². The van der Waals surface area contributed by atoms with Gasteiger partial charge in [0.25, 0.3) is 5.91 Å². The number of hydrogen-bond donors (Lipinski definition) is 1. The number of halogens is 7. The highest BCUT2D eigenvalue weighted by molar-refractivity contribution is 6.19. The molecule has 2 aromatic carbocycles. The maximum Gasteiger partial charge on any atom is 0.416 e. The van der Waals surface area contributed by atoms with Crippen molar-refractivity contribution in [3.05, 3.63) is 70.9 Å². The van der Waals surface area contributed by atoms with Crippen LogP contribution in [0.4, 0.5) is 26.3 Å². The van der Waals surface area contributed by atoms with Gasteiger partial charge in [-0.25, -0.2) is 0 Å². The fourth-order valence-electron chi connectivity index (χ4n) is 4.52. The lowest BCUT2D eigenvalue weighted by Crippen LogP contribution is -2.56. The number of aromatic nitrogens is 1. The SMILES string of the molecule is O=C(c1cc(C(F)(F)F)cc(C(F)(F)F)c1)N1CCN(CC#CCCl)C[C@H]1Cc1c[nH]c2ccccc12. The molecule has 2 heterocycles. The lowest BCUT2D eigenvalue weighted by atomic mass is 9.98. The Labute approximate surface area is 214 Å². The van der Waals surface area contributed by atoms with Gasteiger partial charge in [-0.3, -0.25) is 9.69 Å². The quantitative estimate of drug-likeness (QED) is 0.257. The Kier molecular flexibility index (Phi) is 7.76. The maximum absolute atomic E-state index is 13.4. The highest BCUT2D eigenvalue weighted by Crippen LogP contribution is 2.37. The number of nitrogens with one attached hydrogen (secondary N) is 1. The minimum atomic E-state index is -5.04. The summed E-state index contributed by atoms with van der Waals surface area (Å²) in [6, 6.07) is 7.99. The van der Waals surface area contributed by atoms with E-state index in [4.69, 9.17) is 11.6 Å². The van der Waals surface area contributed by atoms with E-state index in [1.54, 1.807) is 6.20 Å². The van der Waals surface area contributed by atoms with Gasteiger partial charge in [-0.05, 0) is 36.2 Å². The standard InChI is InChI=1S/C26H22ClF6N3O/c27-7-3-4-8-35-9-10-36(21(16-35)13-18-15-34-23-6-2-1-5-22(18)23)24(37)17-11-19(25(28,29)30)14-20(12-17)26(31,32)33/h1-2,5-6,11-12,14-15,21,34H,7-10,13,16H2/t21-/m1/s1. The molecule has 1 N–H and O–H groups in total. The topological polar surface area (TPSA) is 39.3 Å². The summed E-state index contributed by atoms with van der Waals surface area (Å²) in [5.41, 5.74) is -1.93. The zero-order chi connectivity index (χ0) is 26.8. The van der Waals surface area contributed by atoms with Crippen LogP contribution >= 0.6 is 11.6 Å². The number of para-hydroxylation sites is 1. The summed E-state index contributed by atoms with van der Waals surface area (Å²) in [6.07, 6.45) is -7.94. The molecule has 0 bridgehead atoms. The minimum Gasteiger partial charge on any atom is -0.361 e. The van der Waals surface area contributed by atoms with E-state index in [2.05, 4.69) is 16.8 Å². The molecule has 196 valence electrons. The minimum absolute atomic E-state index is 0.0215. The van der Waals surface area contributed by atoms with Crippen molar-refractivity contribution in [2.45, 2.75) is 24.8 Å². The molecule has 4 nitrogen and oxygen atoms in total. The molecular formula is C26H22ClF6N3O. The summed E-state index contributed by atoms with van der Waals surface area (Å²) in [5, 5.41) is 0.924. The van der Waals surface area contributed by atoms with Gasteiger partial charge in [-0.15, -0.1) is 11.6 Å². The van der Waals surface area contributed by atoms with Crippen molar-refractivity contribution in [3.63, 3.8) is 0 Å². The number of carbonyl (C=O) groups is 1. The fourth-order valence-corrected chi connectivity index (χ4v) is 4.61. The third-order valence-electron chi connectivity index (χ3n) is 6.29. The lowest BCUT2D eigenvalue weighted by Gasteiger charge is -2.41. The first-order chi connectivity index (χ1) is 17.5. The number of benzene rings is 2. The zero-order valence-electron chi connectivity index (χ0n) is 19.4. The Balaban J connectivity index is 1.69. The highest BCUT2D eigenvalue weighted by atomic mass is 35.5. The van der Waals surface area contributed by atoms with E-state index in [1.807, 2.05) is 29.2 Å². The number of H-pyrrole nitrogens is 1. The molecule has 0 radical (unpaired) electrons. The van der Waals surface area contributed by atoms with Crippen LogP contribution in [0, 0.1) is 11.8 Å². The maximum atomic E-state index is 13.4. The lowest BCUT2D eigenvalue weighted by molar-refractivity contribution is -0.143. The van der Waals surface area contributed by atoms with Gasteiger partial charge in [0.15, 0.2) is 0 Å². The van der Waals surface area contributed by atoms with Gasteiger partial charge in [-0.2, -0.15) is 26.3 Å². The largest absolute Gasteiger partial charge is 0.416 e. The third-order valence-corrected chi connectivity index (χ3v) is 6.42. The average Bonchev–Trinajstić information content (AvgIpc) is 3.25. The highest BCUT2D eigenvalue weighted by Gasteiger charge is 2.39. The van der Waals surface area contributed by atoms with Crippen LogP contribution in [0.5, 0.6) is 0 Å². The molecule has 1 aliphatic rings. The van der Waals surface area contributed by atoms with E-state index in [9.17, 15) is 31.1 Å². The number of piperazine rings is 1. The number of rotatable bonds is 4. The Morgan fingerprint density at radius 1 is 1.00 bits per heavy atom. The molecule has 1 fully saturated rings. The molecule has 1 amide bonds. The summed E-state index contributed by atoms with van der Waals surface area (Å²) >= 11 is 5.61. The number of fused-ring (bicyclic) bond motifs is 1. The smallest absolute Gasteiger partial charge is 0.361 e. The average molecular weight is 542 g/mol. The molecule has 0 aliphatic carbocycles. The Bertz CT molecular complexity index is 1310.